The van der Waals surface area contributed by atoms with Crippen LogP contribution >= 0.6 is 11.3 Å². The number of esters is 1. The molecule has 2 fully saturated rings. The van der Waals surface area contributed by atoms with Gasteiger partial charge in [0.25, 0.3) is 17.9 Å². The standard InChI is InChI=1S/C35H44N8O14S2/c1-33(2,3)54-29(46)23(16-53-20-10-11-21-18(13-20)9-12-24(37-21)36-19-14-42(15-19)32(48)49)56-41-25(22-17-58-30(38-22)40-31(47)55-34(4,5)6)27(44)39-26-28(45)43(35(26,7)8)57-59(50,51)52/h9-13,17,19,23,26H,14-16H2,1-8H3,(H,36,37)(H,39,44)(H,48,49)(H,38,40,47)(H,50,51,52)/b41-25-/t23-,26+/m0/s1. The molecule has 0 spiro atoms. The first-order valence-electron chi connectivity index (χ1n) is 17.8. The Bertz CT molecular complexity index is 2260. The Morgan fingerprint density at radius 2 is 1.71 bits per heavy atom. The van der Waals surface area contributed by atoms with Gasteiger partial charge in [0.1, 0.15) is 41.1 Å². The normalized spacial score (nSPS) is 17.6. The predicted molar refractivity (Wildman–Crippen MR) is 209 cm³/mol. The molecule has 0 bridgehead atoms. The molecule has 2 aromatic heterocycles. The van der Waals surface area contributed by atoms with Crippen LogP contribution in [0.4, 0.5) is 20.5 Å². The zero-order valence-electron chi connectivity index (χ0n) is 33.2. The summed E-state index contributed by atoms with van der Waals surface area (Å²) in [4.78, 5) is 79.3. The van der Waals surface area contributed by atoms with E-state index >= 15 is 0 Å². The van der Waals surface area contributed by atoms with Crippen molar-refractivity contribution >= 4 is 79.3 Å². The van der Waals surface area contributed by atoms with Crippen LogP contribution in [0.15, 0.2) is 40.9 Å². The number of amides is 4. The maximum Gasteiger partial charge on any atom is 0.418 e. The van der Waals surface area contributed by atoms with E-state index in [0.29, 0.717) is 40.6 Å². The summed E-state index contributed by atoms with van der Waals surface area (Å²) < 4.78 is 52.8. The van der Waals surface area contributed by atoms with Crippen LogP contribution in [0.25, 0.3) is 10.9 Å². The third kappa shape index (κ3) is 11.6. The molecule has 4 heterocycles. The molecule has 2 saturated heterocycles. The summed E-state index contributed by atoms with van der Waals surface area (Å²) in [5.74, 6) is -2.17. The smallest absolute Gasteiger partial charge is 0.418 e. The van der Waals surface area contributed by atoms with Gasteiger partial charge in [-0.1, -0.05) is 5.16 Å². The summed E-state index contributed by atoms with van der Waals surface area (Å²) in [7, 11) is -5.09. The number of nitrogens with one attached hydrogen (secondary N) is 3. The SMILES string of the molecule is CC(C)(C)OC(=O)Nc1nc(/C(=N/O[C@@H](COc2ccc3nc(NC4CN(C(=O)O)C4)ccc3c2)C(=O)OC(C)(C)C)C(=O)N[C@@H]2C(=O)N(OS(=O)(=O)O)C2(C)C)cs1. The number of hydrogen-bond donors (Lipinski definition) is 5. The predicted octanol–water partition coefficient (Wildman–Crippen LogP) is 3.16. The van der Waals surface area contributed by atoms with E-state index in [2.05, 4.69) is 35.4 Å². The average molecular weight is 865 g/mol. The minimum atomic E-state index is -5.09. The highest BCUT2D eigenvalue weighted by molar-refractivity contribution is 7.80. The van der Waals surface area contributed by atoms with Crippen molar-refractivity contribution in [2.24, 2.45) is 5.16 Å². The Balaban J connectivity index is 1.37. The van der Waals surface area contributed by atoms with E-state index in [1.165, 1.54) is 24.1 Å². The molecular weight excluding hydrogens is 821 g/mol. The average Bonchev–Trinajstić information content (AvgIpc) is 3.53. The molecule has 320 valence electrons. The number of pyridine rings is 1. The number of hydroxylamine groups is 2. The third-order valence-electron chi connectivity index (χ3n) is 8.20. The molecular formula is C35H44N8O14S2. The van der Waals surface area contributed by atoms with Gasteiger partial charge in [0, 0.05) is 23.9 Å². The Hall–Kier alpha value is -5.85. The van der Waals surface area contributed by atoms with Crippen molar-refractivity contribution in [1.82, 2.24) is 25.2 Å². The van der Waals surface area contributed by atoms with E-state index in [-0.39, 0.29) is 16.9 Å². The van der Waals surface area contributed by atoms with Crippen LogP contribution in [-0.4, -0.2) is 128 Å². The number of benzene rings is 1. The number of likely N-dealkylation sites (tertiary alicyclic amines) is 1. The van der Waals surface area contributed by atoms with Crippen LogP contribution in [0.2, 0.25) is 0 Å². The first kappa shape index (κ1) is 44.3. The van der Waals surface area contributed by atoms with Gasteiger partial charge in [-0.25, -0.2) is 24.4 Å². The molecule has 0 unspecified atom stereocenters. The number of anilines is 2. The van der Waals surface area contributed by atoms with Gasteiger partial charge >= 0.3 is 28.6 Å². The second-order valence-electron chi connectivity index (χ2n) is 15.8. The van der Waals surface area contributed by atoms with Crippen LogP contribution in [0, 0.1) is 0 Å². The number of nitrogens with zero attached hydrogens (tertiary/aromatic N) is 5. The number of aromatic nitrogens is 2. The number of fused-ring (bicyclic) bond motifs is 1. The highest BCUT2D eigenvalue weighted by Gasteiger charge is 2.58. The molecule has 5 rings (SSSR count). The van der Waals surface area contributed by atoms with E-state index in [1.54, 1.807) is 71.9 Å². The van der Waals surface area contributed by atoms with Crippen molar-refractivity contribution in [3.8, 4) is 5.75 Å². The van der Waals surface area contributed by atoms with Gasteiger partial charge in [-0.2, -0.15) is 13.5 Å². The lowest BCUT2D eigenvalue weighted by atomic mass is 9.84. The Morgan fingerprint density at radius 1 is 1.03 bits per heavy atom. The highest BCUT2D eigenvalue weighted by atomic mass is 32.3. The van der Waals surface area contributed by atoms with Crippen molar-refractivity contribution in [3.63, 3.8) is 0 Å². The molecule has 0 saturated carbocycles. The molecule has 59 heavy (non-hydrogen) atoms. The molecule has 22 nitrogen and oxygen atoms in total. The molecule has 0 aliphatic carbocycles. The van der Waals surface area contributed by atoms with Gasteiger partial charge < -0.3 is 39.7 Å². The van der Waals surface area contributed by atoms with Gasteiger partial charge in [-0.05, 0) is 85.7 Å². The molecule has 2 aliphatic rings. The summed E-state index contributed by atoms with van der Waals surface area (Å²) in [6, 6.07) is 6.98. The first-order chi connectivity index (χ1) is 27.3. The minimum absolute atomic E-state index is 0.0175. The number of hydrogen-bond acceptors (Lipinski definition) is 17. The molecule has 2 atom stereocenters. The molecule has 4 amide bonds. The Morgan fingerprint density at radius 3 is 2.32 bits per heavy atom. The topological polar surface area (TPSA) is 287 Å². The minimum Gasteiger partial charge on any atom is -0.489 e. The molecule has 0 radical (unpaired) electrons. The van der Waals surface area contributed by atoms with Crippen molar-refractivity contribution in [2.45, 2.75) is 90.3 Å². The van der Waals surface area contributed by atoms with E-state index in [0.717, 1.165) is 11.3 Å². The quantitative estimate of drug-likeness (QED) is 0.0511. The number of oxime groups is 1. The highest BCUT2D eigenvalue weighted by Crippen LogP contribution is 2.33. The van der Waals surface area contributed by atoms with Crippen molar-refractivity contribution < 1.29 is 65.4 Å². The van der Waals surface area contributed by atoms with E-state index in [9.17, 15) is 32.4 Å². The maximum absolute atomic E-state index is 13.8. The summed E-state index contributed by atoms with van der Waals surface area (Å²) in [6.07, 6.45) is -3.42. The zero-order valence-corrected chi connectivity index (χ0v) is 34.8. The maximum atomic E-state index is 13.8. The van der Waals surface area contributed by atoms with Crippen LogP contribution in [0.5, 0.6) is 5.75 Å². The second kappa shape index (κ2) is 16.8. The lowest BCUT2D eigenvalue weighted by molar-refractivity contribution is -0.218. The monoisotopic (exact) mass is 864 g/mol. The van der Waals surface area contributed by atoms with Gasteiger partial charge in [0.05, 0.1) is 17.1 Å². The van der Waals surface area contributed by atoms with E-state index < -0.39 is 81.6 Å². The number of carbonyl (C=O) groups excluding carboxylic acids is 4. The van der Waals surface area contributed by atoms with Gasteiger partial charge in [0.2, 0.25) is 0 Å². The van der Waals surface area contributed by atoms with Crippen LogP contribution in [0.3, 0.4) is 0 Å². The molecule has 3 aromatic rings. The number of carboxylic acid groups (broad SMARTS) is 1. The Labute approximate surface area is 342 Å². The van der Waals surface area contributed by atoms with Crippen molar-refractivity contribution in [3.05, 3.63) is 41.4 Å². The number of rotatable bonds is 14. The molecule has 2 aliphatic heterocycles. The molecule has 24 heteroatoms. The fourth-order valence-electron chi connectivity index (χ4n) is 5.46. The summed E-state index contributed by atoms with van der Waals surface area (Å²) in [5, 5.41) is 23.4. The van der Waals surface area contributed by atoms with Crippen LogP contribution < -0.4 is 20.7 Å². The van der Waals surface area contributed by atoms with Gasteiger partial charge in [-0.3, -0.25) is 19.5 Å². The van der Waals surface area contributed by atoms with E-state index in [4.69, 9.17) is 28.7 Å². The number of β-lactam (4-membered cyclic amide) rings is 1. The van der Waals surface area contributed by atoms with E-state index in [1.807, 2.05) is 0 Å². The number of carbonyl (C=O) groups is 5. The lowest BCUT2D eigenvalue weighted by Crippen LogP contribution is -2.76. The lowest BCUT2D eigenvalue weighted by Gasteiger charge is -2.50. The zero-order chi connectivity index (χ0) is 43.7. The first-order valence-corrected chi connectivity index (χ1v) is 20.0. The number of ether oxygens (including phenoxy) is 3. The summed E-state index contributed by atoms with van der Waals surface area (Å²) in [6.45, 7) is 12.7. The fraction of sp³-hybridized carbons (Fsp3) is 0.486. The second-order valence-corrected chi connectivity index (χ2v) is 17.7. The van der Waals surface area contributed by atoms with Gasteiger partial charge in [0.15, 0.2) is 10.8 Å². The van der Waals surface area contributed by atoms with Crippen molar-refractivity contribution in [2.75, 3.05) is 30.3 Å². The molecule has 1 aromatic carbocycles. The fourth-order valence-corrected chi connectivity index (χ4v) is 6.60. The molecule has 5 N–H and O–H groups in total. The Kier molecular flexibility index (Phi) is 12.6. The third-order valence-corrected chi connectivity index (χ3v) is 9.29. The number of thiazole rings is 1. The largest absolute Gasteiger partial charge is 0.489 e. The summed E-state index contributed by atoms with van der Waals surface area (Å²) in [5.41, 5.74) is -3.48. The van der Waals surface area contributed by atoms with Gasteiger partial charge in [-0.15, -0.1) is 15.6 Å². The van der Waals surface area contributed by atoms with Crippen LogP contribution in [0.1, 0.15) is 61.1 Å². The summed E-state index contributed by atoms with van der Waals surface area (Å²) >= 11 is 0.883. The van der Waals surface area contributed by atoms with Crippen LogP contribution in [-0.2, 0) is 43.4 Å². The van der Waals surface area contributed by atoms with Crippen molar-refractivity contribution in [1.29, 1.82) is 0 Å².